The van der Waals surface area contributed by atoms with Gasteiger partial charge in [0.15, 0.2) is 0 Å². The quantitative estimate of drug-likeness (QED) is 0.778. The van der Waals surface area contributed by atoms with Gasteiger partial charge in [-0.05, 0) is 51.0 Å². The van der Waals surface area contributed by atoms with Crippen LogP contribution in [0.5, 0.6) is 11.6 Å². The smallest absolute Gasteiger partial charge is 0.248 e. The first kappa shape index (κ1) is 18.0. The van der Waals surface area contributed by atoms with Crippen LogP contribution in [0.4, 0.5) is 4.39 Å². The van der Waals surface area contributed by atoms with Gasteiger partial charge in [0, 0.05) is 36.3 Å². The van der Waals surface area contributed by atoms with Crippen molar-refractivity contribution in [3.8, 4) is 11.6 Å². The summed E-state index contributed by atoms with van der Waals surface area (Å²) in [6.07, 6.45) is 1.61. The average molecular weight is 355 g/mol. The fourth-order valence-corrected chi connectivity index (χ4v) is 3.03. The fourth-order valence-electron chi connectivity index (χ4n) is 3.03. The molecule has 1 aromatic heterocycles. The molecule has 1 amide bonds. The molecule has 6 heteroatoms. The van der Waals surface area contributed by atoms with E-state index in [9.17, 15) is 9.18 Å². The van der Waals surface area contributed by atoms with Crippen molar-refractivity contribution in [2.24, 2.45) is 0 Å². The number of carbonyl (C=O) groups excluding carboxylic acids is 1. The number of rotatable bonds is 4. The molecule has 1 aromatic carbocycles. The Morgan fingerprint density at radius 3 is 2.50 bits per heavy atom. The van der Waals surface area contributed by atoms with Crippen molar-refractivity contribution < 1.29 is 13.9 Å². The number of hydrogen-bond acceptors (Lipinski definition) is 4. The molecule has 1 saturated heterocycles. The Labute approximate surface area is 152 Å². The molecule has 0 atom stereocenters. The van der Waals surface area contributed by atoms with E-state index in [2.05, 4.69) is 16.5 Å². The predicted molar refractivity (Wildman–Crippen MR) is 96.6 cm³/mol. The van der Waals surface area contributed by atoms with E-state index in [0.29, 0.717) is 30.3 Å². The highest BCUT2D eigenvalue weighted by molar-refractivity contribution is 5.92. The Balaban J connectivity index is 1.71. The second-order valence-corrected chi connectivity index (χ2v) is 6.61. The van der Waals surface area contributed by atoms with Crippen molar-refractivity contribution in [3.63, 3.8) is 0 Å². The summed E-state index contributed by atoms with van der Waals surface area (Å²) in [4.78, 5) is 22.9. The van der Waals surface area contributed by atoms with E-state index in [-0.39, 0.29) is 17.6 Å². The molecule has 136 valence electrons. The van der Waals surface area contributed by atoms with Crippen molar-refractivity contribution in [2.45, 2.75) is 32.6 Å². The number of nitrogens with zero attached hydrogens (tertiary/aromatic N) is 3. The van der Waals surface area contributed by atoms with Gasteiger partial charge in [-0.15, -0.1) is 0 Å². The molecule has 2 heterocycles. The number of aromatic nitrogens is 2. The third kappa shape index (κ3) is 4.25. The zero-order chi connectivity index (χ0) is 18.7. The number of piperidine rings is 1. The molecule has 0 bridgehead atoms. The molecule has 0 unspecified atom stereocenters. The van der Waals surface area contributed by atoms with E-state index < -0.39 is 0 Å². The summed E-state index contributed by atoms with van der Waals surface area (Å²) >= 11 is 0. The molecule has 0 N–H and O–H groups in total. The molecule has 5 nitrogen and oxygen atoms in total. The average Bonchev–Trinajstić information content (AvgIpc) is 2.62. The maximum Gasteiger partial charge on any atom is 0.248 e. The first-order chi connectivity index (χ1) is 12.4. The maximum absolute atomic E-state index is 13.0. The lowest BCUT2D eigenvalue weighted by molar-refractivity contribution is -0.128. The zero-order valence-corrected chi connectivity index (χ0v) is 15.0. The SMILES string of the molecule is C=C(C)C(=O)N1CCC(c2nc(C)cc(Oc3ccc(F)cc3)n2)CC1. The van der Waals surface area contributed by atoms with E-state index in [1.807, 2.05) is 11.8 Å². The van der Waals surface area contributed by atoms with Crippen LogP contribution < -0.4 is 4.74 Å². The number of halogens is 1. The molecular formula is C20H22FN3O2. The van der Waals surface area contributed by atoms with Crippen LogP contribution in [0.1, 0.15) is 37.2 Å². The van der Waals surface area contributed by atoms with Gasteiger partial charge in [-0.1, -0.05) is 6.58 Å². The highest BCUT2D eigenvalue weighted by Crippen LogP contribution is 2.29. The minimum Gasteiger partial charge on any atom is -0.439 e. The van der Waals surface area contributed by atoms with Gasteiger partial charge >= 0.3 is 0 Å². The zero-order valence-electron chi connectivity index (χ0n) is 15.0. The first-order valence-electron chi connectivity index (χ1n) is 8.66. The highest BCUT2D eigenvalue weighted by Gasteiger charge is 2.26. The van der Waals surface area contributed by atoms with E-state index in [1.54, 1.807) is 25.1 Å². The third-order valence-electron chi connectivity index (χ3n) is 4.40. The molecule has 0 saturated carbocycles. The van der Waals surface area contributed by atoms with E-state index in [1.165, 1.54) is 12.1 Å². The van der Waals surface area contributed by atoms with Crippen LogP contribution in [0.15, 0.2) is 42.5 Å². The van der Waals surface area contributed by atoms with E-state index in [0.717, 1.165) is 24.4 Å². The van der Waals surface area contributed by atoms with Gasteiger partial charge < -0.3 is 9.64 Å². The Bertz CT molecular complexity index is 812. The normalized spacial score (nSPS) is 15.0. The summed E-state index contributed by atoms with van der Waals surface area (Å²) in [5.41, 5.74) is 1.37. The molecule has 1 aliphatic rings. The molecule has 0 aliphatic carbocycles. The third-order valence-corrected chi connectivity index (χ3v) is 4.40. The second-order valence-electron chi connectivity index (χ2n) is 6.61. The number of carbonyl (C=O) groups is 1. The Morgan fingerprint density at radius 2 is 1.88 bits per heavy atom. The number of aryl methyl sites for hydroxylation is 1. The number of hydrogen-bond donors (Lipinski definition) is 0. The molecular weight excluding hydrogens is 333 g/mol. The Morgan fingerprint density at radius 1 is 1.23 bits per heavy atom. The minimum absolute atomic E-state index is 0.00828. The minimum atomic E-state index is -0.312. The number of benzene rings is 1. The molecule has 0 radical (unpaired) electrons. The van der Waals surface area contributed by atoms with Gasteiger partial charge in [0.2, 0.25) is 11.8 Å². The van der Waals surface area contributed by atoms with Crippen molar-refractivity contribution in [2.75, 3.05) is 13.1 Å². The van der Waals surface area contributed by atoms with Crippen molar-refractivity contribution in [3.05, 3.63) is 59.8 Å². The van der Waals surface area contributed by atoms with Crippen molar-refractivity contribution >= 4 is 5.91 Å². The van der Waals surface area contributed by atoms with E-state index in [4.69, 9.17) is 4.74 Å². The van der Waals surface area contributed by atoms with Gasteiger partial charge in [0.25, 0.3) is 0 Å². The lowest BCUT2D eigenvalue weighted by Gasteiger charge is -2.31. The number of likely N-dealkylation sites (tertiary alicyclic amines) is 1. The largest absolute Gasteiger partial charge is 0.439 e. The maximum atomic E-state index is 13.0. The summed E-state index contributed by atoms with van der Waals surface area (Å²) in [7, 11) is 0. The molecule has 0 spiro atoms. The molecule has 1 fully saturated rings. The van der Waals surface area contributed by atoms with E-state index >= 15 is 0 Å². The number of amides is 1. The summed E-state index contributed by atoms with van der Waals surface area (Å²) in [5, 5.41) is 0. The predicted octanol–water partition coefficient (Wildman–Crippen LogP) is 4.00. The fraction of sp³-hybridized carbons (Fsp3) is 0.350. The molecule has 3 rings (SSSR count). The van der Waals surface area contributed by atoms with Crippen LogP contribution >= 0.6 is 0 Å². The van der Waals surface area contributed by atoms with Gasteiger partial charge in [0.1, 0.15) is 17.4 Å². The lowest BCUT2D eigenvalue weighted by atomic mass is 9.95. The highest BCUT2D eigenvalue weighted by atomic mass is 19.1. The second kappa shape index (κ2) is 7.64. The van der Waals surface area contributed by atoms with Gasteiger partial charge in [-0.25, -0.2) is 9.37 Å². The molecule has 26 heavy (non-hydrogen) atoms. The summed E-state index contributed by atoms with van der Waals surface area (Å²) < 4.78 is 18.8. The van der Waals surface area contributed by atoms with Crippen LogP contribution in [0.25, 0.3) is 0 Å². The van der Waals surface area contributed by atoms with Gasteiger partial charge in [-0.3, -0.25) is 4.79 Å². The molecule has 2 aromatic rings. The van der Waals surface area contributed by atoms with Gasteiger partial charge in [-0.2, -0.15) is 4.98 Å². The topological polar surface area (TPSA) is 55.3 Å². The first-order valence-corrected chi connectivity index (χ1v) is 8.66. The van der Waals surface area contributed by atoms with Crippen LogP contribution in [-0.2, 0) is 4.79 Å². The van der Waals surface area contributed by atoms with Crippen molar-refractivity contribution in [1.29, 1.82) is 0 Å². The lowest BCUT2D eigenvalue weighted by Crippen LogP contribution is -2.38. The summed E-state index contributed by atoms with van der Waals surface area (Å²) in [6.45, 7) is 8.68. The Hall–Kier alpha value is -2.76. The Kier molecular flexibility index (Phi) is 5.30. The van der Waals surface area contributed by atoms with Crippen LogP contribution in [0.2, 0.25) is 0 Å². The van der Waals surface area contributed by atoms with Crippen LogP contribution in [-0.4, -0.2) is 33.9 Å². The standard InChI is InChI=1S/C20H22FN3O2/c1-13(2)20(25)24-10-8-15(9-11-24)19-22-14(3)12-18(23-19)26-17-6-4-16(21)5-7-17/h4-7,12,15H,1,8-11H2,2-3H3. The summed E-state index contributed by atoms with van der Waals surface area (Å²) in [5.74, 6) is 1.57. The number of ether oxygens (including phenoxy) is 1. The van der Waals surface area contributed by atoms with Crippen LogP contribution in [0, 0.1) is 12.7 Å². The summed E-state index contributed by atoms with van der Waals surface area (Å²) in [6, 6.07) is 7.58. The van der Waals surface area contributed by atoms with Gasteiger partial charge in [0.05, 0.1) is 0 Å². The van der Waals surface area contributed by atoms with Crippen molar-refractivity contribution in [1.82, 2.24) is 14.9 Å². The molecule has 1 aliphatic heterocycles. The monoisotopic (exact) mass is 355 g/mol. The van der Waals surface area contributed by atoms with Crippen LogP contribution in [0.3, 0.4) is 0 Å².